The molecule has 0 amide bonds. The molecule has 2 aromatic carbocycles. The van der Waals surface area contributed by atoms with Crippen molar-refractivity contribution < 1.29 is 36.6 Å². The Kier molecular flexibility index (Phi) is 6.91. The number of fused-ring (bicyclic) bond motifs is 5. The first-order valence-electron chi connectivity index (χ1n) is 17.9. The van der Waals surface area contributed by atoms with Crippen molar-refractivity contribution in [1.29, 1.82) is 0 Å². The van der Waals surface area contributed by atoms with Crippen molar-refractivity contribution in [1.82, 2.24) is 25.2 Å². The van der Waals surface area contributed by atoms with E-state index in [-0.39, 0.29) is 82.4 Å². The molecule has 4 atom stereocenters. The van der Waals surface area contributed by atoms with Gasteiger partial charge in [0.05, 0.1) is 34.5 Å². The normalized spacial score (nSPS) is 27.6. The number of halogens is 3. The number of rotatable bonds is 8. The number of benzene rings is 2. The number of hydrogen-bond acceptors (Lipinski definition) is 10. The molecule has 13 heteroatoms. The van der Waals surface area contributed by atoms with Crippen molar-refractivity contribution in [3.8, 4) is 41.2 Å². The summed E-state index contributed by atoms with van der Waals surface area (Å²) in [6.45, 7) is 1.72. The zero-order valence-electron chi connectivity index (χ0n) is 29.9. The van der Waals surface area contributed by atoms with Crippen molar-refractivity contribution in [2.24, 2.45) is 0 Å². The molecule has 2 unspecified atom stereocenters. The topological polar surface area (TPSA) is 105 Å². The maximum absolute atomic E-state index is 17.2. The molecular formula is C36H37F3N6O4. The van der Waals surface area contributed by atoms with Gasteiger partial charge in [-0.3, -0.25) is 4.90 Å². The molecule has 49 heavy (non-hydrogen) atoms. The number of methoxy groups -OCH3 is 2. The molecule has 0 spiro atoms. The van der Waals surface area contributed by atoms with Crippen LogP contribution in [0.5, 0.6) is 17.6 Å². The molecule has 4 aromatic rings. The Morgan fingerprint density at radius 2 is 2.04 bits per heavy atom. The third-order valence-corrected chi connectivity index (χ3v) is 10.7. The van der Waals surface area contributed by atoms with Gasteiger partial charge in [-0.1, -0.05) is 12.0 Å². The fraction of sp³-hybridized carbons (Fsp3) is 0.472. The predicted octanol–water partition coefficient (Wildman–Crippen LogP) is 4.73. The average molecular weight is 678 g/mol. The number of anilines is 1. The van der Waals surface area contributed by atoms with Gasteiger partial charge in [-0.2, -0.15) is 9.97 Å². The molecular weight excluding hydrogens is 637 g/mol. The molecule has 10 nitrogen and oxygen atoms in total. The highest BCUT2D eigenvalue weighted by Crippen LogP contribution is 2.44. The van der Waals surface area contributed by atoms with E-state index in [1.807, 2.05) is 4.90 Å². The van der Waals surface area contributed by atoms with Crippen LogP contribution in [0.2, 0.25) is 0 Å². The Bertz CT molecular complexity index is 2140. The fourth-order valence-corrected chi connectivity index (χ4v) is 8.57. The van der Waals surface area contributed by atoms with Gasteiger partial charge in [0.15, 0.2) is 5.82 Å². The second-order valence-corrected chi connectivity index (χ2v) is 13.7. The van der Waals surface area contributed by atoms with Crippen LogP contribution in [0.25, 0.3) is 32.9 Å². The van der Waals surface area contributed by atoms with Gasteiger partial charge >= 0.3 is 6.01 Å². The fourth-order valence-electron chi connectivity index (χ4n) is 8.57. The first-order valence-corrected chi connectivity index (χ1v) is 16.4. The van der Waals surface area contributed by atoms with Crippen molar-refractivity contribution in [3.63, 3.8) is 0 Å². The molecule has 0 radical (unpaired) electrons. The minimum absolute atomic E-state index is 0.0178. The zero-order chi connectivity index (χ0) is 36.6. The molecule has 4 aliphatic rings. The van der Waals surface area contributed by atoms with E-state index in [1.165, 1.54) is 31.4 Å². The SMILES string of the molecule is [2H]C([2H])([2H])OCC12CCC(CN(c3nc(OC[C@@]45CCCN4C[C@H](F)C5)nc4c(F)c(-c5cc(O)cc6ccc(F)c(C#C)c56)nc(OC)c34)C1)N2. The number of nitrogens with zero attached hydrogens (tertiary/aromatic N) is 5. The number of ether oxygens (including phenoxy) is 3. The Hall–Kier alpha value is -4.38. The van der Waals surface area contributed by atoms with Crippen LogP contribution < -0.4 is 19.7 Å². The third-order valence-electron chi connectivity index (χ3n) is 10.7. The molecule has 6 heterocycles. The van der Waals surface area contributed by atoms with Crippen LogP contribution in [-0.2, 0) is 4.74 Å². The second kappa shape index (κ2) is 11.9. The highest BCUT2D eigenvalue weighted by Gasteiger charge is 2.50. The Balaban J connectivity index is 1.30. The quantitative estimate of drug-likeness (QED) is 0.255. The van der Waals surface area contributed by atoms with Crippen LogP contribution in [0.15, 0.2) is 24.3 Å². The summed E-state index contributed by atoms with van der Waals surface area (Å²) in [6, 6.07) is 5.03. The second-order valence-electron chi connectivity index (χ2n) is 13.7. The van der Waals surface area contributed by atoms with Crippen molar-refractivity contribution in [3.05, 3.63) is 41.5 Å². The van der Waals surface area contributed by atoms with Gasteiger partial charge in [-0.15, -0.1) is 6.42 Å². The largest absolute Gasteiger partial charge is 0.508 e. The van der Waals surface area contributed by atoms with E-state index >= 15 is 8.78 Å². The van der Waals surface area contributed by atoms with Crippen molar-refractivity contribution in [2.45, 2.75) is 55.4 Å². The maximum Gasteiger partial charge on any atom is 0.319 e. The van der Waals surface area contributed by atoms with E-state index in [9.17, 15) is 9.50 Å². The Labute approximate surface area is 285 Å². The number of piperazine rings is 1. The van der Waals surface area contributed by atoms with Gasteiger partial charge in [-0.25, -0.2) is 18.2 Å². The summed E-state index contributed by atoms with van der Waals surface area (Å²) in [5.74, 6) is 0.673. The monoisotopic (exact) mass is 677 g/mol. The summed E-state index contributed by atoms with van der Waals surface area (Å²) in [4.78, 5) is 17.9. The smallest absolute Gasteiger partial charge is 0.319 e. The van der Waals surface area contributed by atoms with Crippen molar-refractivity contribution >= 4 is 27.5 Å². The van der Waals surface area contributed by atoms with Crippen LogP contribution in [0.3, 0.4) is 0 Å². The lowest BCUT2D eigenvalue weighted by molar-refractivity contribution is 0.107. The number of terminal acetylenes is 1. The Morgan fingerprint density at radius 3 is 2.86 bits per heavy atom. The summed E-state index contributed by atoms with van der Waals surface area (Å²) < 4.78 is 87.1. The number of nitrogens with one attached hydrogen (secondary N) is 1. The summed E-state index contributed by atoms with van der Waals surface area (Å²) in [5, 5.41) is 14.8. The number of pyridine rings is 1. The van der Waals surface area contributed by atoms with Gasteiger partial charge in [-0.05, 0) is 55.8 Å². The minimum atomic E-state index is -2.60. The molecule has 2 aromatic heterocycles. The van der Waals surface area contributed by atoms with Crippen LogP contribution in [0.1, 0.15) is 41.8 Å². The average Bonchev–Trinajstić information content (AvgIpc) is 3.74. The standard InChI is InChI=1S/C36H37F3N6O4/c1-4-24-26(38)7-6-20-12-23(46)13-25(27(20)24)30-29(39)31-28(33(40-30)48-3)32(44-16-22-8-10-35(17-44,43-22)18-47-2)42-34(41-31)49-19-36-9-5-11-45(36)15-21(37)14-36/h1,6-7,12-13,21-22,43,46H,5,8-11,14-19H2,2-3H3/t21-,22?,35?,36+/m1/s1/i2D3. The number of phenols is 1. The highest BCUT2D eigenvalue weighted by molar-refractivity contribution is 6.04. The molecule has 0 aliphatic carbocycles. The molecule has 4 saturated heterocycles. The molecule has 4 fully saturated rings. The van der Waals surface area contributed by atoms with Crippen LogP contribution >= 0.6 is 0 Å². The van der Waals surface area contributed by atoms with Crippen LogP contribution in [-0.4, -0.2) is 102 Å². The third kappa shape index (κ3) is 5.19. The minimum Gasteiger partial charge on any atom is -0.508 e. The number of aromatic hydroxyl groups is 1. The van der Waals surface area contributed by atoms with Gasteiger partial charge in [0, 0.05) is 50.1 Å². The molecule has 256 valence electrons. The summed E-state index contributed by atoms with van der Waals surface area (Å²) in [7, 11) is -1.24. The van der Waals surface area contributed by atoms with E-state index in [1.54, 1.807) is 0 Å². The number of aromatic nitrogens is 3. The van der Waals surface area contributed by atoms with Gasteiger partial charge in [0.2, 0.25) is 5.88 Å². The zero-order valence-corrected chi connectivity index (χ0v) is 26.9. The van der Waals surface area contributed by atoms with E-state index in [4.69, 9.17) is 29.7 Å². The van der Waals surface area contributed by atoms with E-state index < -0.39 is 35.9 Å². The number of hydrogen-bond donors (Lipinski definition) is 2. The summed E-state index contributed by atoms with van der Waals surface area (Å²) >= 11 is 0. The summed E-state index contributed by atoms with van der Waals surface area (Å²) in [6.07, 6.45) is 8.01. The molecule has 2 N–H and O–H groups in total. The van der Waals surface area contributed by atoms with E-state index in [2.05, 4.69) is 26.1 Å². The van der Waals surface area contributed by atoms with Crippen LogP contribution in [0.4, 0.5) is 19.0 Å². The maximum atomic E-state index is 17.2. The lowest BCUT2D eigenvalue weighted by Gasteiger charge is -2.42. The predicted molar refractivity (Wildman–Crippen MR) is 178 cm³/mol. The van der Waals surface area contributed by atoms with Crippen LogP contribution in [0, 0.1) is 24.0 Å². The van der Waals surface area contributed by atoms with E-state index in [0.717, 1.165) is 25.8 Å². The van der Waals surface area contributed by atoms with E-state index in [0.29, 0.717) is 31.3 Å². The van der Waals surface area contributed by atoms with Gasteiger partial charge in [0.1, 0.15) is 46.8 Å². The van der Waals surface area contributed by atoms with Gasteiger partial charge < -0.3 is 29.5 Å². The lowest BCUT2D eigenvalue weighted by atomic mass is 9.95. The number of alkyl halides is 1. The first-order chi connectivity index (χ1) is 24.8. The lowest BCUT2D eigenvalue weighted by Crippen LogP contribution is -2.61. The molecule has 0 saturated carbocycles. The van der Waals surface area contributed by atoms with Gasteiger partial charge in [0.25, 0.3) is 0 Å². The van der Waals surface area contributed by atoms with Crippen molar-refractivity contribution in [2.75, 3.05) is 58.4 Å². The summed E-state index contributed by atoms with van der Waals surface area (Å²) in [5.41, 5.74) is -1.92. The molecule has 2 bridgehead atoms. The molecule has 8 rings (SSSR count). The first kappa shape index (κ1) is 28.5. The highest BCUT2D eigenvalue weighted by atomic mass is 19.1. The number of phenolic OH excluding ortho intramolecular Hbond substituents is 1. The molecule has 4 aliphatic heterocycles. The Morgan fingerprint density at radius 1 is 1.16 bits per heavy atom.